The molecule has 19 heavy (non-hydrogen) atoms. The Labute approximate surface area is 113 Å². The van der Waals surface area contributed by atoms with Crippen LogP contribution in [-0.2, 0) is 4.79 Å². The van der Waals surface area contributed by atoms with Crippen LogP contribution in [0.5, 0.6) is 0 Å². The van der Waals surface area contributed by atoms with Crippen LogP contribution in [0.25, 0.3) is 0 Å². The molecule has 0 amide bonds. The fraction of sp³-hybridized carbons (Fsp3) is 0.533. The molecule has 0 aliphatic heterocycles. The molecule has 0 spiro atoms. The molecule has 0 saturated heterocycles. The summed E-state index contributed by atoms with van der Waals surface area (Å²) < 4.78 is 0. The van der Waals surface area contributed by atoms with Gasteiger partial charge in [0.05, 0.1) is 5.92 Å². The number of aliphatic carboxylic acids is 1. The predicted molar refractivity (Wildman–Crippen MR) is 73.0 cm³/mol. The molecule has 3 atom stereocenters. The molecule has 1 aliphatic rings. The molecular weight excluding hydrogens is 242 g/mol. The standard InChI is InChI=1S/C15H21NO3/c17-10-12-7-4-8-14(12)16-9-13(15(18)19)11-5-2-1-3-6-11/h1-3,5-6,12-14,16-17H,4,7-10H2,(H,18,19). The zero-order valence-electron chi connectivity index (χ0n) is 11.0. The summed E-state index contributed by atoms with van der Waals surface area (Å²) in [7, 11) is 0. The molecule has 3 unspecified atom stereocenters. The summed E-state index contributed by atoms with van der Waals surface area (Å²) in [4.78, 5) is 11.4. The van der Waals surface area contributed by atoms with Crippen molar-refractivity contribution in [2.75, 3.05) is 13.2 Å². The predicted octanol–water partition coefficient (Wildman–Crippen LogP) is 1.61. The summed E-state index contributed by atoms with van der Waals surface area (Å²) >= 11 is 0. The summed E-state index contributed by atoms with van der Waals surface area (Å²) in [6.07, 6.45) is 3.15. The van der Waals surface area contributed by atoms with E-state index in [1.54, 1.807) is 0 Å². The number of aliphatic hydroxyl groups is 1. The number of rotatable bonds is 6. The van der Waals surface area contributed by atoms with Crippen molar-refractivity contribution >= 4 is 5.97 Å². The van der Waals surface area contributed by atoms with Crippen molar-refractivity contribution in [3.05, 3.63) is 35.9 Å². The van der Waals surface area contributed by atoms with Crippen LogP contribution in [0.3, 0.4) is 0 Å². The average Bonchev–Trinajstić information content (AvgIpc) is 2.87. The number of carboxylic acid groups (broad SMARTS) is 1. The smallest absolute Gasteiger partial charge is 0.312 e. The fourth-order valence-electron chi connectivity index (χ4n) is 2.83. The lowest BCUT2D eigenvalue weighted by Crippen LogP contribution is -2.38. The van der Waals surface area contributed by atoms with Gasteiger partial charge in [0.1, 0.15) is 0 Å². The molecule has 0 bridgehead atoms. The number of nitrogens with one attached hydrogen (secondary N) is 1. The van der Waals surface area contributed by atoms with Gasteiger partial charge in [0, 0.05) is 19.2 Å². The lowest BCUT2D eigenvalue weighted by Gasteiger charge is -2.22. The third-order valence-corrected chi connectivity index (χ3v) is 3.98. The summed E-state index contributed by atoms with van der Waals surface area (Å²) in [5.74, 6) is -1.07. The summed E-state index contributed by atoms with van der Waals surface area (Å²) in [5, 5.41) is 21.9. The molecule has 4 heteroatoms. The number of benzene rings is 1. The Morgan fingerprint density at radius 1 is 1.32 bits per heavy atom. The molecule has 0 heterocycles. The summed E-state index contributed by atoms with van der Waals surface area (Å²) in [6, 6.07) is 9.54. The monoisotopic (exact) mass is 263 g/mol. The van der Waals surface area contributed by atoms with E-state index in [2.05, 4.69) is 5.32 Å². The molecule has 0 aromatic heterocycles. The van der Waals surface area contributed by atoms with Crippen LogP contribution in [-0.4, -0.2) is 35.4 Å². The molecule has 1 aromatic carbocycles. The molecular formula is C15H21NO3. The highest BCUT2D eigenvalue weighted by atomic mass is 16.4. The van der Waals surface area contributed by atoms with Crippen LogP contribution in [0.1, 0.15) is 30.7 Å². The number of carbonyl (C=O) groups is 1. The first-order valence-electron chi connectivity index (χ1n) is 6.84. The van der Waals surface area contributed by atoms with Crippen molar-refractivity contribution in [3.63, 3.8) is 0 Å². The minimum atomic E-state index is -0.808. The Kier molecular flexibility index (Phi) is 4.93. The van der Waals surface area contributed by atoms with E-state index in [1.807, 2.05) is 30.3 Å². The van der Waals surface area contributed by atoms with Crippen molar-refractivity contribution in [3.8, 4) is 0 Å². The van der Waals surface area contributed by atoms with E-state index in [0.717, 1.165) is 24.8 Å². The van der Waals surface area contributed by atoms with Gasteiger partial charge in [-0.15, -0.1) is 0 Å². The van der Waals surface area contributed by atoms with Crippen LogP contribution >= 0.6 is 0 Å². The Balaban J connectivity index is 1.96. The normalized spacial score (nSPS) is 24.3. The maximum Gasteiger partial charge on any atom is 0.312 e. The van der Waals surface area contributed by atoms with Gasteiger partial charge >= 0.3 is 5.97 Å². The highest BCUT2D eigenvalue weighted by Gasteiger charge is 2.28. The second-order valence-electron chi connectivity index (χ2n) is 5.19. The Hall–Kier alpha value is -1.39. The van der Waals surface area contributed by atoms with Gasteiger partial charge in [0.15, 0.2) is 0 Å². The SMILES string of the molecule is O=C(O)C(CNC1CCCC1CO)c1ccccc1. The molecule has 1 saturated carbocycles. The third-order valence-electron chi connectivity index (χ3n) is 3.98. The van der Waals surface area contributed by atoms with Gasteiger partial charge in [0.25, 0.3) is 0 Å². The van der Waals surface area contributed by atoms with Gasteiger partial charge in [-0.2, -0.15) is 0 Å². The van der Waals surface area contributed by atoms with E-state index in [-0.39, 0.29) is 18.6 Å². The van der Waals surface area contributed by atoms with E-state index >= 15 is 0 Å². The van der Waals surface area contributed by atoms with Gasteiger partial charge < -0.3 is 15.5 Å². The Bertz CT molecular complexity index is 407. The van der Waals surface area contributed by atoms with E-state index in [4.69, 9.17) is 0 Å². The molecule has 1 aliphatic carbocycles. The highest BCUT2D eigenvalue weighted by molar-refractivity contribution is 5.76. The molecule has 1 aromatic rings. The van der Waals surface area contributed by atoms with Crippen molar-refractivity contribution in [2.45, 2.75) is 31.2 Å². The largest absolute Gasteiger partial charge is 0.481 e. The van der Waals surface area contributed by atoms with Crippen LogP contribution in [0, 0.1) is 5.92 Å². The first-order chi connectivity index (χ1) is 9.22. The Morgan fingerprint density at radius 3 is 2.68 bits per heavy atom. The number of carboxylic acids is 1. The van der Waals surface area contributed by atoms with Crippen molar-refractivity contribution in [1.29, 1.82) is 0 Å². The average molecular weight is 263 g/mol. The van der Waals surface area contributed by atoms with Crippen LogP contribution in [0.4, 0.5) is 0 Å². The molecule has 0 radical (unpaired) electrons. The van der Waals surface area contributed by atoms with Crippen LogP contribution in [0.2, 0.25) is 0 Å². The number of hydrogen-bond acceptors (Lipinski definition) is 3. The summed E-state index contributed by atoms with van der Waals surface area (Å²) in [5.41, 5.74) is 0.820. The van der Waals surface area contributed by atoms with Gasteiger partial charge in [0.2, 0.25) is 0 Å². The molecule has 104 valence electrons. The summed E-state index contributed by atoms with van der Waals surface area (Å²) in [6.45, 7) is 0.598. The van der Waals surface area contributed by atoms with Gasteiger partial charge in [-0.3, -0.25) is 4.79 Å². The molecule has 4 nitrogen and oxygen atoms in total. The van der Waals surface area contributed by atoms with Gasteiger partial charge in [-0.05, 0) is 24.3 Å². The quantitative estimate of drug-likeness (QED) is 0.729. The number of aliphatic hydroxyl groups excluding tert-OH is 1. The van der Waals surface area contributed by atoms with Crippen LogP contribution in [0.15, 0.2) is 30.3 Å². The molecule has 2 rings (SSSR count). The Morgan fingerprint density at radius 2 is 2.05 bits per heavy atom. The van der Waals surface area contributed by atoms with Crippen molar-refractivity contribution < 1.29 is 15.0 Å². The maximum atomic E-state index is 11.4. The molecule has 3 N–H and O–H groups in total. The lowest BCUT2D eigenvalue weighted by molar-refractivity contribution is -0.138. The van der Waals surface area contributed by atoms with E-state index < -0.39 is 11.9 Å². The van der Waals surface area contributed by atoms with Gasteiger partial charge in [-0.25, -0.2) is 0 Å². The maximum absolute atomic E-state index is 11.4. The minimum Gasteiger partial charge on any atom is -0.481 e. The van der Waals surface area contributed by atoms with Gasteiger partial charge in [-0.1, -0.05) is 36.8 Å². The van der Waals surface area contributed by atoms with E-state index in [0.29, 0.717) is 6.54 Å². The third kappa shape index (κ3) is 3.55. The topological polar surface area (TPSA) is 69.6 Å². The van der Waals surface area contributed by atoms with Crippen molar-refractivity contribution in [2.24, 2.45) is 5.92 Å². The zero-order valence-corrected chi connectivity index (χ0v) is 11.0. The lowest BCUT2D eigenvalue weighted by atomic mass is 9.98. The molecule has 1 fully saturated rings. The van der Waals surface area contributed by atoms with Crippen LogP contribution < -0.4 is 5.32 Å². The highest BCUT2D eigenvalue weighted by Crippen LogP contribution is 2.26. The number of hydrogen-bond donors (Lipinski definition) is 3. The van der Waals surface area contributed by atoms with E-state index in [9.17, 15) is 15.0 Å². The first kappa shape index (κ1) is 14.0. The van der Waals surface area contributed by atoms with E-state index in [1.165, 1.54) is 0 Å². The second kappa shape index (κ2) is 6.68. The second-order valence-corrected chi connectivity index (χ2v) is 5.19. The van der Waals surface area contributed by atoms with Crippen molar-refractivity contribution in [1.82, 2.24) is 5.32 Å². The fourth-order valence-corrected chi connectivity index (χ4v) is 2.83. The zero-order chi connectivity index (χ0) is 13.7. The first-order valence-corrected chi connectivity index (χ1v) is 6.84. The minimum absolute atomic E-state index is 0.181.